The minimum atomic E-state index is -4.75. The molecular weight excluding hydrogens is 211 g/mol. The van der Waals surface area contributed by atoms with Gasteiger partial charge >= 0.3 is 6.18 Å². The molecule has 1 aromatic rings. The highest BCUT2D eigenvalue weighted by atomic mass is 19.4. The van der Waals surface area contributed by atoms with Gasteiger partial charge < -0.3 is 0 Å². The van der Waals surface area contributed by atoms with Crippen LogP contribution in [0.2, 0.25) is 0 Å². The van der Waals surface area contributed by atoms with E-state index in [1.54, 1.807) is 0 Å². The molecule has 0 aromatic heterocycles. The van der Waals surface area contributed by atoms with Crippen LogP contribution in [0.4, 0.5) is 18.9 Å². The molecule has 0 heterocycles. The first kappa shape index (κ1) is 11.2. The van der Waals surface area contributed by atoms with Crippen LogP contribution in [-0.2, 0) is 6.18 Å². The topological polar surface area (TPSA) is 43.1 Å². The number of hydrogen-bond acceptors (Lipinski definition) is 2. The average molecular weight is 216 g/mol. The Morgan fingerprint density at radius 3 is 2.40 bits per heavy atom. The van der Waals surface area contributed by atoms with Crippen LogP contribution in [-0.4, -0.2) is 4.92 Å². The van der Waals surface area contributed by atoms with E-state index in [1.807, 2.05) is 0 Å². The number of benzene rings is 1. The molecule has 0 saturated heterocycles. The predicted octanol–water partition coefficient (Wildman–Crippen LogP) is 2.95. The molecule has 0 aliphatic rings. The molecule has 0 atom stereocenters. The first-order valence-electron chi connectivity index (χ1n) is 3.75. The number of nitrogens with zero attached hydrogens (tertiary/aromatic N) is 1. The van der Waals surface area contributed by atoms with E-state index < -0.39 is 22.4 Å². The Morgan fingerprint density at radius 2 is 2.00 bits per heavy atom. The van der Waals surface area contributed by atoms with Crippen molar-refractivity contribution < 1.29 is 18.1 Å². The maximum atomic E-state index is 12.4. The second-order valence-corrected chi connectivity index (χ2v) is 2.66. The summed E-state index contributed by atoms with van der Waals surface area (Å²) < 4.78 is 37.1. The van der Waals surface area contributed by atoms with Crippen molar-refractivity contribution in [2.24, 2.45) is 0 Å². The van der Waals surface area contributed by atoms with Crippen LogP contribution in [0.1, 0.15) is 11.1 Å². The standard InChI is InChI=1S/C9H5F3NO2/c1-2-6-3-4-8(13(14)15)7(5-6)9(10,11)12/h3-5H,1H2. The van der Waals surface area contributed by atoms with E-state index in [9.17, 15) is 23.3 Å². The number of halogens is 3. The summed E-state index contributed by atoms with van der Waals surface area (Å²) in [6.45, 7) is 3.17. The van der Waals surface area contributed by atoms with Crippen LogP contribution >= 0.6 is 0 Å². The van der Waals surface area contributed by atoms with Crippen molar-refractivity contribution in [2.45, 2.75) is 6.18 Å². The number of nitro benzene ring substituents is 1. The maximum Gasteiger partial charge on any atom is 0.423 e. The molecule has 1 aromatic carbocycles. The molecule has 0 aliphatic heterocycles. The van der Waals surface area contributed by atoms with Crippen LogP contribution in [0.25, 0.3) is 0 Å². The first-order chi connectivity index (χ1) is 6.86. The molecular formula is C9H5F3NO2. The van der Waals surface area contributed by atoms with Gasteiger partial charge in [-0.15, -0.1) is 0 Å². The fourth-order valence-electron chi connectivity index (χ4n) is 1.03. The van der Waals surface area contributed by atoms with Crippen molar-refractivity contribution in [3.05, 3.63) is 52.1 Å². The quantitative estimate of drug-likeness (QED) is 0.563. The van der Waals surface area contributed by atoms with E-state index in [1.165, 1.54) is 0 Å². The summed E-state index contributed by atoms with van der Waals surface area (Å²) in [4.78, 5) is 9.26. The Balaban J connectivity index is 3.42. The van der Waals surface area contributed by atoms with Gasteiger partial charge in [0.25, 0.3) is 5.69 Å². The number of hydrogen-bond donors (Lipinski definition) is 0. The van der Waals surface area contributed by atoms with Crippen molar-refractivity contribution >= 4 is 5.69 Å². The Bertz CT molecular complexity index is 412. The Morgan fingerprint density at radius 1 is 1.40 bits per heavy atom. The number of rotatable bonds is 2. The zero-order valence-corrected chi connectivity index (χ0v) is 7.34. The molecule has 3 nitrogen and oxygen atoms in total. The Kier molecular flexibility index (Phi) is 2.78. The van der Waals surface area contributed by atoms with E-state index in [0.29, 0.717) is 6.07 Å². The van der Waals surface area contributed by atoms with Crippen LogP contribution in [0, 0.1) is 16.2 Å². The highest BCUT2D eigenvalue weighted by Crippen LogP contribution is 2.36. The molecule has 0 saturated carbocycles. The van der Waals surface area contributed by atoms with Crippen molar-refractivity contribution in [3.8, 4) is 0 Å². The second kappa shape index (κ2) is 3.72. The SMILES string of the molecule is C=[C]c1ccc([N+](=O)[O-])c(C(F)(F)F)c1. The summed E-state index contributed by atoms with van der Waals surface area (Å²) in [5.74, 6) is 0. The normalized spacial score (nSPS) is 11.1. The monoisotopic (exact) mass is 216 g/mol. The van der Waals surface area contributed by atoms with Crippen molar-refractivity contribution in [1.82, 2.24) is 0 Å². The van der Waals surface area contributed by atoms with Gasteiger partial charge in [-0.1, -0.05) is 6.58 Å². The molecule has 0 spiro atoms. The number of nitro groups is 1. The lowest BCUT2D eigenvalue weighted by Crippen LogP contribution is -2.09. The van der Waals surface area contributed by atoms with E-state index in [4.69, 9.17) is 0 Å². The van der Waals surface area contributed by atoms with E-state index in [-0.39, 0.29) is 5.56 Å². The largest absolute Gasteiger partial charge is 0.423 e. The van der Waals surface area contributed by atoms with Gasteiger partial charge in [-0.25, -0.2) is 0 Å². The van der Waals surface area contributed by atoms with Crippen molar-refractivity contribution in [3.63, 3.8) is 0 Å². The zero-order chi connectivity index (χ0) is 11.6. The Hall–Kier alpha value is -1.85. The van der Waals surface area contributed by atoms with Gasteiger partial charge in [0.2, 0.25) is 0 Å². The summed E-state index contributed by atoms with van der Waals surface area (Å²) in [6.07, 6.45) is -2.52. The van der Waals surface area contributed by atoms with E-state index >= 15 is 0 Å². The molecule has 0 N–H and O–H groups in total. The van der Waals surface area contributed by atoms with Crippen LogP contribution in [0.3, 0.4) is 0 Å². The van der Waals surface area contributed by atoms with Crippen molar-refractivity contribution in [1.29, 1.82) is 0 Å². The summed E-state index contributed by atoms with van der Waals surface area (Å²) in [5, 5.41) is 10.3. The van der Waals surface area contributed by atoms with Gasteiger partial charge in [0, 0.05) is 6.07 Å². The smallest absolute Gasteiger partial charge is 0.258 e. The van der Waals surface area contributed by atoms with Gasteiger partial charge in [0.15, 0.2) is 0 Å². The molecule has 0 fully saturated rings. The molecule has 0 aliphatic carbocycles. The van der Waals surface area contributed by atoms with Crippen LogP contribution in [0.5, 0.6) is 0 Å². The van der Waals surface area contributed by atoms with Gasteiger partial charge in [0.05, 0.1) is 4.92 Å². The van der Waals surface area contributed by atoms with Gasteiger partial charge in [-0.2, -0.15) is 13.2 Å². The first-order valence-corrected chi connectivity index (χ1v) is 3.75. The van der Waals surface area contributed by atoms with Crippen LogP contribution in [0.15, 0.2) is 24.8 Å². The Labute approximate surface area is 83.0 Å². The summed E-state index contributed by atoms with van der Waals surface area (Å²) in [6, 6.07) is 2.59. The van der Waals surface area contributed by atoms with Crippen LogP contribution < -0.4 is 0 Å². The predicted molar refractivity (Wildman–Crippen MR) is 46.1 cm³/mol. The van der Waals surface area contributed by atoms with E-state index in [2.05, 4.69) is 12.7 Å². The van der Waals surface area contributed by atoms with E-state index in [0.717, 1.165) is 12.1 Å². The second-order valence-electron chi connectivity index (χ2n) is 2.66. The average Bonchev–Trinajstić information content (AvgIpc) is 2.15. The molecule has 1 radical (unpaired) electrons. The highest BCUT2D eigenvalue weighted by Gasteiger charge is 2.38. The summed E-state index contributed by atoms with van der Waals surface area (Å²) >= 11 is 0. The molecule has 0 unspecified atom stereocenters. The summed E-state index contributed by atoms with van der Waals surface area (Å²) in [5.41, 5.74) is -2.20. The van der Waals surface area contributed by atoms with Gasteiger partial charge in [-0.05, 0) is 23.8 Å². The molecule has 1 rings (SSSR count). The molecule has 0 amide bonds. The third-order valence-electron chi connectivity index (χ3n) is 1.70. The third kappa shape index (κ3) is 2.34. The third-order valence-corrected chi connectivity index (χ3v) is 1.70. The highest BCUT2D eigenvalue weighted by molar-refractivity contribution is 5.45. The fraction of sp³-hybridized carbons (Fsp3) is 0.111. The minimum Gasteiger partial charge on any atom is -0.258 e. The summed E-state index contributed by atoms with van der Waals surface area (Å²) in [7, 11) is 0. The van der Waals surface area contributed by atoms with Gasteiger partial charge in [-0.3, -0.25) is 10.1 Å². The van der Waals surface area contributed by atoms with Gasteiger partial charge in [0.1, 0.15) is 5.56 Å². The zero-order valence-electron chi connectivity index (χ0n) is 7.34. The number of alkyl halides is 3. The molecule has 79 valence electrons. The fourth-order valence-corrected chi connectivity index (χ4v) is 1.03. The molecule has 6 heteroatoms. The lowest BCUT2D eigenvalue weighted by Gasteiger charge is -2.07. The molecule has 0 bridgehead atoms. The lowest BCUT2D eigenvalue weighted by atomic mass is 10.1. The minimum absolute atomic E-state index is 0.0629. The lowest BCUT2D eigenvalue weighted by molar-refractivity contribution is -0.388. The van der Waals surface area contributed by atoms with Crippen molar-refractivity contribution in [2.75, 3.05) is 0 Å². The maximum absolute atomic E-state index is 12.4. The molecule has 15 heavy (non-hydrogen) atoms.